The Kier molecular flexibility index (Phi) is 3.65. The molecule has 0 fully saturated rings. The van der Waals surface area contributed by atoms with Crippen LogP contribution >= 0.6 is 22.6 Å². The molecule has 6 heteroatoms. The van der Waals surface area contributed by atoms with Gasteiger partial charge in [0, 0.05) is 0 Å². The fourth-order valence-electron chi connectivity index (χ4n) is 2.06. The molecule has 1 aliphatic rings. The zero-order chi connectivity index (χ0) is 14.1. The van der Waals surface area contributed by atoms with Crippen LogP contribution in [0.3, 0.4) is 0 Å². The molecule has 0 aromatic heterocycles. The molecule has 2 aromatic rings. The van der Waals surface area contributed by atoms with Gasteiger partial charge in [0.25, 0.3) is 0 Å². The van der Waals surface area contributed by atoms with Crippen LogP contribution in [0.1, 0.15) is 15.2 Å². The van der Waals surface area contributed by atoms with Gasteiger partial charge in [-0.25, -0.2) is 0 Å². The lowest BCUT2D eigenvalue weighted by Gasteiger charge is -2.08. The molecule has 0 aliphatic carbocycles. The molecule has 3 rings (SSSR count). The molecule has 1 N–H and O–H groups in total. The number of ether oxygens (including phenoxy) is 1. The normalized spacial score (nSPS) is 16.6. The maximum Gasteiger partial charge on any atom is 0.492 e. The first-order valence-electron chi connectivity index (χ1n) is 5.97. The van der Waals surface area contributed by atoms with Gasteiger partial charge in [0.1, 0.15) is 15.6 Å². The number of hydrogen-bond acceptors (Lipinski definition) is 4. The molecule has 0 saturated heterocycles. The first kappa shape index (κ1) is 13.4. The van der Waals surface area contributed by atoms with E-state index in [1.54, 1.807) is 36.4 Å². The van der Waals surface area contributed by atoms with Crippen LogP contribution in [-0.2, 0) is 4.65 Å². The number of halogens is 1. The van der Waals surface area contributed by atoms with Crippen LogP contribution in [0.5, 0.6) is 11.5 Å². The van der Waals surface area contributed by atoms with Gasteiger partial charge in [0.05, 0.1) is 11.6 Å². The molecule has 0 spiro atoms. The van der Waals surface area contributed by atoms with Crippen molar-refractivity contribution in [1.82, 2.24) is 0 Å². The van der Waals surface area contributed by atoms with Gasteiger partial charge >= 0.3 is 7.12 Å². The molecule has 2 aromatic carbocycles. The first-order valence-corrected chi connectivity index (χ1v) is 7.21. The van der Waals surface area contributed by atoms with Crippen LogP contribution < -0.4 is 10.2 Å². The monoisotopic (exact) mass is 377 g/mol. The Morgan fingerprint density at radius 3 is 2.85 bits per heavy atom. The summed E-state index contributed by atoms with van der Waals surface area (Å²) in [6.07, 6.45) is 0. The average Bonchev–Trinajstić information content (AvgIpc) is 2.74. The van der Waals surface area contributed by atoms with Crippen LogP contribution in [0.2, 0.25) is 0 Å². The van der Waals surface area contributed by atoms with E-state index < -0.39 is 7.12 Å². The van der Waals surface area contributed by atoms with Crippen molar-refractivity contribution in [3.8, 4) is 17.6 Å². The largest absolute Gasteiger partial charge is 0.492 e. The van der Waals surface area contributed by atoms with Crippen molar-refractivity contribution in [3.63, 3.8) is 0 Å². The molecule has 1 aliphatic heterocycles. The van der Waals surface area contributed by atoms with Crippen LogP contribution in [0.4, 0.5) is 0 Å². The molecular formula is C14H9BINO3. The van der Waals surface area contributed by atoms with Gasteiger partial charge in [-0.1, -0.05) is 12.1 Å². The van der Waals surface area contributed by atoms with Gasteiger partial charge in [-0.3, -0.25) is 0 Å². The number of alkyl halides is 1. The smallest absolute Gasteiger partial charge is 0.457 e. The second kappa shape index (κ2) is 5.44. The molecule has 20 heavy (non-hydrogen) atoms. The highest BCUT2D eigenvalue weighted by atomic mass is 127. The third kappa shape index (κ3) is 2.52. The summed E-state index contributed by atoms with van der Waals surface area (Å²) >= 11 is 2.12. The van der Waals surface area contributed by atoms with E-state index >= 15 is 0 Å². The summed E-state index contributed by atoms with van der Waals surface area (Å²) in [5.41, 5.74) is 2.23. The maximum atomic E-state index is 9.70. The Labute approximate surface area is 130 Å². The molecule has 1 heterocycles. The minimum absolute atomic E-state index is 0.188. The minimum Gasteiger partial charge on any atom is -0.457 e. The van der Waals surface area contributed by atoms with Crippen molar-refractivity contribution >= 4 is 35.2 Å². The van der Waals surface area contributed by atoms with Crippen LogP contribution in [0, 0.1) is 11.3 Å². The van der Waals surface area contributed by atoms with E-state index in [-0.39, 0.29) is 4.11 Å². The number of nitrogens with zero attached hydrogens (tertiary/aromatic N) is 1. The number of hydrogen-bond donors (Lipinski definition) is 1. The van der Waals surface area contributed by atoms with Crippen molar-refractivity contribution in [2.24, 2.45) is 0 Å². The lowest BCUT2D eigenvalue weighted by atomic mass is 9.80. The van der Waals surface area contributed by atoms with E-state index in [1.165, 1.54) is 0 Å². The third-order valence-corrected chi connectivity index (χ3v) is 3.98. The lowest BCUT2D eigenvalue weighted by Crippen LogP contribution is -2.27. The Bertz CT molecular complexity index is 701. The van der Waals surface area contributed by atoms with Gasteiger partial charge in [-0.2, -0.15) is 5.26 Å². The molecule has 4 nitrogen and oxygen atoms in total. The predicted octanol–water partition coefficient (Wildman–Crippen LogP) is 2.50. The zero-order valence-electron chi connectivity index (χ0n) is 10.3. The minimum atomic E-state index is -0.872. The Morgan fingerprint density at radius 2 is 2.05 bits per heavy atom. The van der Waals surface area contributed by atoms with Gasteiger partial charge in [-0.05, 0) is 63.9 Å². The van der Waals surface area contributed by atoms with Crippen molar-refractivity contribution in [3.05, 3.63) is 53.6 Å². The fraction of sp³-hybridized carbons (Fsp3) is 0.0714. The zero-order valence-corrected chi connectivity index (χ0v) is 12.4. The highest BCUT2D eigenvalue weighted by Crippen LogP contribution is 2.33. The summed E-state index contributed by atoms with van der Waals surface area (Å²) in [5.74, 6) is 1.26. The van der Waals surface area contributed by atoms with Crippen molar-refractivity contribution in [2.45, 2.75) is 4.11 Å². The van der Waals surface area contributed by atoms with Gasteiger partial charge in [0.15, 0.2) is 0 Å². The molecule has 98 valence electrons. The number of nitriles is 1. The summed E-state index contributed by atoms with van der Waals surface area (Å²) in [6, 6.07) is 14.5. The maximum absolute atomic E-state index is 9.70. The van der Waals surface area contributed by atoms with Gasteiger partial charge in [-0.15, -0.1) is 0 Å². The lowest BCUT2D eigenvalue weighted by molar-refractivity contribution is 0.278. The second-order valence-corrected chi connectivity index (χ2v) is 5.47. The molecule has 0 bridgehead atoms. The Balaban J connectivity index is 1.89. The SMILES string of the molecule is N#Cc1cccc(Oc2ccc3c(c2)C(I)OB3O)c1. The number of benzene rings is 2. The Morgan fingerprint density at radius 1 is 1.25 bits per heavy atom. The molecule has 1 atom stereocenters. The summed E-state index contributed by atoms with van der Waals surface area (Å²) < 4.78 is 10.9. The Hall–Kier alpha value is -1.56. The molecule has 1 unspecified atom stereocenters. The van der Waals surface area contributed by atoms with Crippen molar-refractivity contribution in [1.29, 1.82) is 5.26 Å². The van der Waals surface area contributed by atoms with Crippen LogP contribution in [-0.4, -0.2) is 12.1 Å². The van der Waals surface area contributed by atoms with E-state index in [9.17, 15) is 5.02 Å². The highest BCUT2D eigenvalue weighted by molar-refractivity contribution is 14.1. The molecule has 0 amide bonds. The topological polar surface area (TPSA) is 62.5 Å². The van der Waals surface area contributed by atoms with E-state index in [2.05, 4.69) is 28.7 Å². The van der Waals surface area contributed by atoms with Crippen molar-refractivity contribution in [2.75, 3.05) is 0 Å². The van der Waals surface area contributed by atoms with Crippen LogP contribution in [0.25, 0.3) is 0 Å². The van der Waals surface area contributed by atoms with E-state index in [1.807, 2.05) is 6.07 Å². The summed E-state index contributed by atoms with van der Waals surface area (Å²) in [7, 11) is -0.872. The second-order valence-electron chi connectivity index (χ2n) is 4.34. The predicted molar refractivity (Wildman–Crippen MR) is 83.1 cm³/mol. The molecule has 0 radical (unpaired) electrons. The average molecular weight is 377 g/mol. The number of fused-ring (bicyclic) bond motifs is 1. The molecular weight excluding hydrogens is 368 g/mol. The third-order valence-electron chi connectivity index (χ3n) is 3.02. The first-order chi connectivity index (χ1) is 9.67. The highest BCUT2D eigenvalue weighted by Gasteiger charge is 2.33. The summed E-state index contributed by atoms with van der Waals surface area (Å²) in [5, 5.41) is 18.6. The summed E-state index contributed by atoms with van der Waals surface area (Å²) in [6.45, 7) is 0. The molecule has 0 saturated carbocycles. The van der Waals surface area contributed by atoms with Gasteiger partial charge < -0.3 is 14.4 Å². The van der Waals surface area contributed by atoms with E-state index in [4.69, 9.17) is 14.7 Å². The van der Waals surface area contributed by atoms with E-state index in [0.29, 0.717) is 17.1 Å². The standard InChI is InChI=1S/C14H9BINO3/c16-14-12-7-11(4-5-13(12)15(18)20-14)19-10-3-1-2-9(6-10)8-17/h1-7,14,18H. The fourth-order valence-corrected chi connectivity index (χ4v) is 2.88. The van der Waals surface area contributed by atoms with Crippen molar-refractivity contribution < 1.29 is 14.4 Å². The quantitative estimate of drug-likeness (QED) is 0.497. The van der Waals surface area contributed by atoms with Crippen LogP contribution in [0.15, 0.2) is 42.5 Å². The van der Waals surface area contributed by atoms with E-state index in [0.717, 1.165) is 11.0 Å². The number of rotatable bonds is 2. The van der Waals surface area contributed by atoms with Gasteiger partial charge in [0.2, 0.25) is 0 Å². The summed E-state index contributed by atoms with van der Waals surface area (Å²) in [4.78, 5) is 0.